The minimum Gasteiger partial charge on any atom is -0.302 e. The number of hydrogen-bond donors (Lipinski definition) is 0. The van der Waals surface area contributed by atoms with Gasteiger partial charge in [0.2, 0.25) is 0 Å². The van der Waals surface area contributed by atoms with Gasteiger partial charge in [-0.05, 0) is 45.4 Å². The minimum absolute atomic E-state index is 0.237. The highest BCUT2D eigenvalue weighted by Gasteiger charge is 2.52. The summed E-state index contributed by atoms with van der Waals surface area (Å²) in [6.07, 6.45) is 2.12. The monoisotopic (exact) mass is 310 g/mol. The molecule has 3 aromatic carbocycles. The van der Waals surface area contributed by atoms with Crippen molar-refractivity contribution >= 4 is 6.29 Å². The molecule has 2 bridgehead atoms. The molecule has 0 amide bonds. The maximum Gasteiger partial charge on any atom is 0.139 e. The Bertz CT molecular complexity index is 935. The summed E-state index contributed by atoms with van der Waals surface area (Å²) in [5, 5.41) is 0. The van der Waals surface area contributed by atoms with Crippen molar-refractivity contribution in [3.8, 4) is 0 Å². The molecule has 0 radical (unpaired) electrons. The van der Waals surface area contributed by atoms with Crippen molar-refractivity contribution < 1.29 is 4.79 Å². The van der Waals surface area contributed by atoms with Gasteiger partial charge < -0.3 is 4.79 Å². The zero-order chi connectivity index (χ0) is 16.3. The molecule has 3 aliphatic carbocycles. The number of carbonyl (C=O) groups excluding carboxylic acids is 1. The fourth-order valence-corrected chi connectivity index (χ4v) is 4.95. The van der Waals surface area contributed by atoms with Gasteiger partial charge in [0.05, 0.1) is 0 Å². The van der Waals surface area contributed by atoms with E-state index in [9.17, 15) is 4.79 Å². The summed E-state index contributed by atoms with van der Waals surface area (Å²) in [7, 11) is 0. The molecule has 24 heavy (non-hydrogen) atoms. The Labute approximate surface area is 142 Å². The van der Waals surface area contributed by atoms with Crippen LogP contribution >= 0.6 is 0 Å². The quantitative estimate of drug-likeness (QED) is 0.633. The lowest BCUT2D eigenvalue weighted by Gasteiger charge is -2.48. The molecule has 0 heterocycles. The predicted octanol–water partition coefficient (Wildman–Crippen LogP) is 4.59. The normalized spacial score (nSPS) is 22.5. The van der Waals surface area contributed by atoms with E-state index in [1.54, 1.807) is 0 Å². The molecule has 0 aromatic heterocycles. The van der Waals surface area contributed by atoms with Crippen molar-refractivity contribution in [2.24, 2.45) is 0 Å². The number of rotatable bonds is 2. The molecule has 0 spiro atoms. The summed E-state index contributed by atoms with van der Waals surface area (Å²) in [5.41, 5.74) is 8.05. The number of aryl methyl sites for hydroxylation is 1. The van der Waals surface area contributed by atoms with Crippen LogP contribution in [0.4, 0.5) is 0 Å². The van der Waals surface area contributed by atoms with Crippen LogP contribution in [-0.2, 0) is 16.6 Å². The third kappa shape index (κ3) is 1.39. The Balaban J connectivity index is 2.02. The third-order valence-corrected chi connectivity index (χ3v) is 5.84. The van der Waals surface area contributed by atoms with Crippen molar-refractivity contribution in [3.05, 3.63) is 106 Å². The lowest BCUT2D eigenvalue weighted by atomic mass is 9.52. The number of carbonyl (C=O) groups is 1. The second-order valence-corrected chi connectivity index (χ2v) is 6.77. The van der Waals surface area contributed by atoms with E-state index in [2.05, 4.69) is 73.7 Å². The lowest BCUT2D eigenvalue weighted by Crippen LogP contribution is -2.44. The first-order valence-electron chi connectivity index (χ1n) is 8.60. The molecule has 0 N–H and O–H groups in total. The van der Waals surface area contributed by atoms with Crippen LogP contribution in [0.15, 0.2) is 66.7 Å². The Kier molecular flexibility index (Phi) is 2.67. The van der Waals surface area contributed by atoms with E-state index in [4.69, 9.17) is 0 Å². The van der Waals surface area contributed by atoms with Crippen molar-refractivity contribution in [1.29, 1.82) is 0 Å². The molecule has 0 atom stereocenters. The smallest absolute Gasteiger partial charge is 0.139 e. The Morgan fingerprint density at radius 3 is 2.00 bits per heavy atom. The summed E-state index contributed by atoms with van der Waals surface area (Å²) in [6.45, 7) is 2.17. The zero-order valence-electron chi connectivity index (χ0n) is 13.6. The number of hydrogen-bond acceptors (Lipinski definition) is 1. The van der Waals surface area contributed by atoms with Crippen LogP contribution in [0.25, 0.3) is 0 Å². The van der Waals surface area contributed by atoms with Gasteiger partial charge in [0, 0.05) is 5.92 Å². The van der Waals surface area contributed by atoms with Gasteiger partial charge in [-0.3, -0.25) is 0 Å². The fourth-order valence-electron chi connectivity index (χ4n) is 4.95. The molecule has 0 saturated heterocycles. The summed E-state index contributed by atoms with van der Waals surface area (Å²) in [4.78, 5) is 12.7. The maximum atomic E-state index is 12.7. The first-order chi connectivity index (χ1) is 11.8. The minimum atomic E-state index is -0.663. The topological polar surface area (TPSA) is 17.1 Å². The Hall–Kier alpha value is -2.67. The first kappa shape index (κ1) is 13.7. The molecule has 3 aromatic rings. The van der Waals surface area contributed by atoms with Crippen LogP contribution in [0, 0.1) is 0 Å². The Morgan fingerprint density at radius 2 is 1.42 bits per heavy atom. The maximum absolute atomic E-state index is 12.7. The van der Waals surface area contributed by atoms with Gasteiger partial charge in [0.25, 0.3) is 0 Å². The molecule has 6 rings (SSSR count). The molecular weight excluding hydrogens is 292 g/mol. The van der Waals surface area contributed by atoms with E-state index >= 15 is 0 Å². The van der Waals surface area contributed by atoms with Crippen LogP contribution in [-0.4, -0.2) is 6.29 Å². The van der Waals surface area contributed by atoms with Gasteiger partial charge in [-0.25, -0.2) is 0 Å². The number of aldehydes is 1. The van der Waals surface area contributed by atoms with Crippen molar-refractivity contribution in [3.63, 3.8) is 0 Å². The highest BCUT2D eigenvalue weighted by molar-refractivity contribution is 5.90. The van der Waals surface area contributed by atoms with E-state index in [-0.39, 0.29) is 5.92 Å². The standard InChI is InChI=1S/C23H18O/c1-2-15-8-7-11-18-21-16-9-3-5-12-19(16)23(14-24,22(15)18)20-13-6-4-10-17(20)21/h3-14,21H,2H2,1H3. The summed E-state index contributed by atoms with van der Waals surface area (Å²) in [6, 6.07) is 23.5. The highest BCUT2D eigenvalue weighted by Crippen LogP contribution is 2.58. The average Bonchev–Trinajstić information content (AvgIpc) is 2.67. The molecule has 116 valence electrons. The molecule has 0 unspecified atom stereocenters. The van der Waals surface area contributed by atoms with E-state index < -0.39 is 5.41 Å². The second kappa shape index (κ2) is 4.67. The Morgan fingerprint density at radius 1 is 0.833 bits per heavy atom. The van der Waals surface area contributed by atoms with Crippen LogP contribution < -0.4 is 0 Å². The molecule has 0 saturated carbocycles. The van der Waals surface area contributed by atoms with Crippen LogP contribution in [0.3, 0.4) is 0 Å². The molecule has 0 fully saturated rings. The van der Waals surface area contributed by atoms with Crippen molar-refractivity contribution in [1.82, 2.24) is 0 Å². The molecule has 0 aliphatic heterocycles. The third-order valence-electron chi connectivity index (χ3n) is 5.84. The van der Waals surface area contributed by atoms with E-state index in [1.807, 2.05) is 0 Å². The molecule has 1 heteroatoms. The van der Waals surface area contributed by atoms with Crippen molar-refractivity contribution in [2.75, 3.05) is 0 Å². The van der Waals surface area contributed by atoms with Gasteiger partial charge in [0.1, 0.15) is 11.7 Å². The van der Waals surface area contributed by atoms with E-state index in [1.165, 1.54) is 34.1 Å². The van der Waals surface area contributed by atoms with Crippen molar-refractivity contribution in [2.45, 2.75) is 24.7 Å². The summed E-state index contributed by atoms with van der Waals surface area (Å²) >= 11 is 0. The fraction of sp³-hybridized carbons (Fsp3) is 0.174. The highest BCUT2D eigenvalue weighted by atomic mass is 16.1. The molecular formula is C23H18O. The van der Waals surface area contributed by atoms with E-state index in [0.717, 1.165) is 17.5 Å². The predicted molar refractivity (Wildman–Crippen MR) is 95.6 cm³/mol. The second-order valence-electron chi connectivity index (χ2n) is 6.77. The van der Waals surface area contributed by atoms with Crippen LogP contribution in [0.5, 0.6) is 0 Å². The largest absolute Gasteiger partial charge is 0.302 e. The molecule has 1 nitrogen and oxygen atoms in total. The average molecular weight is 310 g/mol. The van der Waals surface area contributed by atoms with Crippen LogP contribution in [0.2, 0.25) is 0 Å². The summed E-state index contributed by atoms with van der Waals surface area (Å²) in [5.74, 6) is 0.237. The SMILES string of the molecule is CCc1cccc2c1C1(C=O)c3ccccc3C2c2ccccc21. The van der Waals surface area contributed by atoms with Gasteiger partial charge in [-0.15, -0.1) is 0 Å². The number of benzene rings is 3. The zero-order valence-corrected chi connectivity index (χ0v) is 13.6. The lowest BCUT2D eigenvalue weighted by molar-refractivity contribution is -0.110. The summed E-state index contributed by atoms with van der Waals surface area (Å²) < 4.78 is 0. The van der Waals surface area contributed by atoms with E-state index in [0.29, 0.717) is 0 Å². The molecule has 3 aliphatic rings. The van der Waals surface area contributed by atoms with Crippen LogP contribution in [0.1, 0.15) is 51.8 Å². The first-order valence-corrected chi connectivity index (χ1v) is 8.60. The van der Waals surface area contributed by atoms with Gasteiger partial charge in [-0.1, -0.05) is 73.7 Å². The van der Waals surface area contributed by atoms with Gasteiger partial charge in [0.15, 0.2) is 0 Å². The van der Waals surface area contributed by atoms with Gasteiger partial charge in [-0.2, -0.15) is 0 Å². The van der Waals surface area contributed by atoms with Gasteiger partial charge >= 0.3 is 0 Å².